The second kappa shape index (κ2) is 8.25. The molecule has 1 aromatic heterocycles. The van der Waals surface area contributed by atoms with Crippen molar-refractivity contribution in [3.8, 4) is 0 Å². The van der Waals surface area contributed by atoms with Gasteiger partial charge >= 0.3 is 0 Å². The Kier molecular flexibility index (Phi) is 5.16. The van der Waals surface area contributed by atoms with E-state index in [2.05, 4.69) is 65.2 Å². The van der Waals surface area contributed by atoms with E-state index in [-0.39, 0.29) is 5.82 Å². The largest absolute Gasteiger partial charge is 0.363 e. The lowest BCUT2D eigenvalue weighted by atomic mass is 10.1. The number of hydrogen-bond donors (Lipinski definition) is 2. The molecule has 0 amide bonds. The number of aryl methyl sites for hydroxylation is 1. The van der Waals surface area contributed by atoms with E-state index in [9.17, 15) is 4.39 Å². The summed E-state index contributed by atoms with van der Waals surface area (Å²) in [6.45, 7) is 1.47. The molecule has 1 atom stereocenters. The average molecular weight is 397 g/mol. The Morgan fingerprint density at radius 2 is 1.67 bits per heavy atom. The van der Waals surface area contributed by atoms with E-state index < -0.39 is 0 Å². The van der Waals surface area contributed by atoms with Crippen LogP contribution in [-0.4, -0.2) is 4.98 Å². The Labute approximate surface area is 176 Å². The van der Waals surface area contributed by atoms with Gasteiger partial charge in [-0.2, -0.15) is 0 Å². The smallest absolute Gasteiger partial charge is 0.127 e. The number of anilines is 1. The topological polar surface area (TPSA) is 37.0 Å². The van der Waals surface area contributed by atoms with E-state index in [1.54, 1.807) is 0 Å². The van der Waals surface area contributed by atoms with Crippen molar-refractivity contribution in [2.75, 3.05) is 5.32 Å². The third-order valence-corrected chi connectivity index (χ3v) is 5.78. The number of rotatable bonds is 6. The number of halogens is 1. The number of nitrogens with zero attached hydrogens (tertiary/aromatic N) is 1. The Bertz CT molecular complexity index is 1170. The first-order chi connectivity index (χ1) is 14.7. The summed E-state index contributed by atoms with van der Waals surface area (Å²) in [6.07, 6.45) is 2.23. The molecule has 0 aliphatic heterocycles. The molecule has 5 rings (SSSR count). The van der Waals surface area contributed by atoms with Crippen LogP contribution in [0.15, 0.2) is 78.9 Å². The SMILES string of the molecule is Fc1ccc(CNCc2ccc3nc(N[C@@H]4CCc5ccccc54)ccc3c2)cc1. The molecule has 0 fully saturated rings. The molecule has 1 heterocycles. The molecule has 0 radical (unpaired) electrons. The molecule has 1 aliphatic carbocycles. The van der Waals surface area contributed by atoms with Crippen molar-refractivity contribution in [2.45, 2.75) is 32.0 Å². The van der Waals surface area contributed by atoms with E-state index in [0.29, 0.717) is 12.6 Å². The second-order valence-electron chi connectivity index (χ2n) is 7.89. The van der Waals surface area contributed by atoms with Crippen LogP contribution in [0, 0.1) is 5.82 Å². The van der Waals surface area contributed by atoms with Gasteiger partial charge in [-0.3, -0.25) is 0 Å². The van der Waals surface area contributed by atoms with Crippen LogP contribution >= 0.6 is 0 Å². The van der Waals surface area contributed by atoms with Crippen LogP contribution in [0.5, 0.6) is 0 Å². The predicted octanol–water partition coefficient (Wildman–Crippen LogP) is 5.76. The van der Waals surface area contributed by atoms with Gasteiger partial charge in [0.05, 0.1) is 11.6 Å². The van der Waals surface area contributed by atoms with Crippen LogP contribution in [-0.2, 0) is 19.5 Å². The van der Waals surface area contributed by atoms with E-state index in [1.165, 1.54) is 28.8 Å². The summed E-state index contributed by atoms with van der Waals surface area (Å²) in [5, 5.41) is 8.16. The van der Waals surface area contributed by atoms with Crippen molar-refractivity contribution in [2.24, 2.45) is 0 Å². The Morgan fingerprint density at radius 1 is 0.867 bits per heavy atom. The summed E-state index contributed by atoms with van der Waals surface area (Å²) in [4.78, 5) is 4.82. The minimum absolute atomic E-state index is 0.202. The number of benzene rings is 3. The molecule has 0 saturated carbocycles. The summed E-state index contributed by atoms with van der Waals surface area (Å²) in [5.74, 6) is 0.721. The van der Waals surface area contributed by atoms with E-state index in [0.717, 1.165) is 41.7 Å². The lowest BCUT2D eigenvalue weighted by Crippen LogP contribution is -2.12. The zero-order chi connectivity index (χ0) is 20.3. The lowest BCUT2D eigenvalue weighted by molar-refractivity contribution is 0.625. The quantitative estimate of drug-likeness (QED) is 0.434. The third-order valence-electron chi connectivity index (χ3n) is 5.78. The molecular weight excluding hydrogens is 373 g/mol. The van der Waals surface area contributed by atoms with Crippen LogP contribution in [0.2, 0.25) is 0 Å². The first-order valence-corrected chi connectivity index (χ1v) is 10.4. The minimum atomic E-state index is -0.202. The van der Waals surface area contributed by atoms with Crippen LogP contribution < -0.4 is 10.6 Å². The fourth-order valence-electron chi connectivity index (χ4n) is 4.20. The van der Waals surface area contributed by atoms with Crippen LogP contribution in [0.4, 0.5) is 10.2 Å². The van der Waals surface area contributed by atoms with Crippen molar-refractivity contribution < 1.29 is 4.39 Å². The van der Waals surface area contributed by atoms with Crippen molar-refractivity contribution in [3.63, 3.8) is 0 Å². The van der Waals surface area contributed by atoms with Crippen molar-refractivity contribution in [3.05, 3.63) is 107 Å². The number of pyridine rings is 1. The zero-order valence-corrected chi connectivity index (χ0v) is 16.7. The lowest BCUT2D eigenvalue weighted by Gasteiger charge is -2.15. The highest BCUT2D eigenvalue weighted by Crippen LogP contribution is 2.33. The number of aromatic nitrogens is 1. The van der Waals surface area contributed by atoms with E-state index >= 15 is 0 Å². The fourth-order valence-corrected chi connectivity index (χ4v) is 4.20. The molecule has 3 nitrogen and oxygen atoms in total. The highest BCUT2D eigenvalue weighted by atomic mass is 19.1. The van der Waals surface area contributed by atoms with Gasteiger partial charge in [0.1, 0.15) is 11.6 Å². The maximum atomic E-state index is 13.0. The second-order valence-corrected chi connectivity index (χ2v) is 7.89. The normalized spacial score (nSPS) is 15.3. The molecule has 2 N–H and O–H groups in total. The molecular formula is C26H24FN3. The molecule has 0 spiro atoms. The molecule has 4 aromatic rings. The van der Waals surface area contributed by atoms with Gasteiger partial charge in [0, 0.05) is 18.5 Å². The van der Waals surface area contributed by atoms with Gasteiger partial charge in [-0.05, 0) is 71.5 Å². The third kappa shape index (κ3) is 4.05. The van der Waals surface area contributed by atoms with Crippen LogP contribution in [0.25, 0.3) is 10.9 Å². The summed E-state index contributed by atoms with van der Waals surface area (Å²) in [7, 11) is 0. The first kappa shape index (κ1) is 18.8. The van der Waals surface area contributed by atoms with Crippen LogP contribution in [0.3, 0.4) is 0 Å². The zero-order valence-electron chi connectivity index (χ0n) is 16.7. The van der Waals surface area contributed by atoms with Crippen molar-refractivity contribution >= 4 is 16.7 Å². The van der Waals surface area contributed by atoms with Crippen LogP contribution in [0.1, 0.15) is 34.7 Å². The highest BCUT2D eigenvalue weighted by molar-refractivity contribution is 5.81. The van der Waals surface area contributed by atoms with Gasteiger partial charge in [-0.25, -0.2) is 9.37 Å². The Morgan fingerprint density at radius 3 is 2.57 bits per heavy atom. The van der Waals surface area contributed by atoms with Crippen molar-refractivity contribution in [1.82, 2.24) is 10.3 Å². The number of hydrogen-bond acceptors (Lipinski definition) is 3. The Hall–Kier alpha value is -3.24. The number of fused-ring (bicyclic) bond motifs is 2. The maximum Gasteiger partial charge on any atom is 0.127 e. The molecule has 150 valence electrons. The van der Waals surface area contributed by atoms with E-state index in [1.807, 2.05) is 12.1 Å². The van der Waals surface area contributed by atoms with Gasteiger partial charge < -0.3 is 10.6 Å². The summed E-state index contributed by atoms with van der Waals surface area (Å²) < 4.78 is 13.0. The summed E-state index contributed by atoms with van der Waals surface area (Å²) >= 11 is 0. The minimum Gasteiger partial charge on any atom is -0.363 e. The van der Waals surface area contributed by atoms with E-state index in [4.69, 9.17) is 4.98 Å². The molecule has 0 saturated heterocycles. The molecule has 3 aromatic carbocycles. The van der Waals surface area contributed by atoms with Gasteiger partial charge in [-0.1, -0.05) is 42.5 Å². The van der Waals surface area contributed by atoms with Gasteiger partial charge in [0.15, 0.2) is 0 Å². The monoisotopic (exact) mass is 397 g/mol. The molecule has 0 bridgehead atoms. The molecule has 4 heteroatoms. The molecule has 0 unspecified atom stereocenters. The summed E-state index contributed by atoms with van der Waals surface area (Å²) in [6, 6.07) is 26.2. The van der Waals surface area contributed by atoms with Gasteiger partial charge in [-0.15, -0.1) is 0 Å². The van der Waals surface area contributed by atoms with Gasteiger partial charge in [0.25, 0.3) is 0 Å². The Balaban J connectivity index is 1.24. The summed E-state index contributed by atoms with van der Waals surface area (Å²) in [5.41, 5.74) is 6.10. The predicted molar refractivity (Wildman–Crippen MR) is 120 cm³/mol. The first-order valence-electron chi connectivity index (χ1n) is 10.4. The molecule has 1 aliphatic rings. The number of nitrogens with one attached hydrogen (secondary N) is 2. The molecule has 30 heavy (non-hydrogen) atoms. The van der Waals surface area contributed by atoms with Crippen molar-refractivity contribution in [1.29, 1.82) is 0 Å². The maximum absolute atomic E-state index is 13.0. The standard InChI is InChI=1S/C26H24FN3/c27-22-10-5-18(6-11-22)16-28-17-19-7-12-24-21(15-19)9-14-26(29-24)30-25-13-8-20-3-1-2-4-23(20)25/h1-7,9-12,14-15,25,28H,8,13,16-17H2,(H,29,30)/t25-/m1/s1. The fraction of sp³-hybridized carbons (Fsp3) is 0.192. The highest BCUT2D eigenvalue weighted by Gasteiger charge is 2.21. The average Bonchev–Trinajstić information content (AvgIpc) is 3.18. The van der Waals surface area contributed by atoms with Gasteiger partial charge in [0.2, 0.25) is 0 Å².